The lowest BCUT2D eigenvalue weighted by atomic mass is 10.1. The summed E-state index contributed by atoms with van der Waals surface area (Å²) in [6.45, 7) is 0.838. The summed E-state index contributed by atoms with van der Waals surface area (Å²) in [6.07, 6.45) is 1.97. The molecule has 0 saturated carbocycles. The summed E-state index contributed by atoms with van der Waals surface area (Å²) in [7, 11) is 1.78. The van der Waals surface area contributed by atoms with Crippen molar-refractivity contribution >= 4 is 17.5 Å². The van der Waals surface area contributed by atoms with Gasteiger partial charge in [0.1, 0.15) is 11.6 Å². The van der Waals surface area contributed by atoms with E-state index in [-0.39, 0.29) is 12.1 Å². The van der Waals surface area contributed by atoms with E-state index in [0.29, 0.717) is 0 Å². The average molecular weight is 259 g/mol. The highest BCUT2D eigenvalue weighted by Crippen LogP contribution is 2.11. The molecule has 0 amide bonds. The second-order valence-corrected chi connectivity index (χ2v) is 4.76. The monoisotopic (exact) mass is 259 g/mol. The number of Topliss-reactive ketones (excluding diaryl/α,β-unsaturated/α-hetero) is 1. The fraction of sp³-hybridized carbons (Fsp3) is 0.417. The highest BCUT2D eigenvalue weighted by molar-refractivity contribution is 7.98. The molecule has 1 rings (SSSR count). The van der Waals surface area contributed by atoms with Crippen molar-refractivity contribution in [3.8, 4) is 0 Å². The molecular weight excluding hydrogens is 244 g/mol. The van der Waals surface area contributed by atoms with E-state index in [4.69, 9.17) is 0 Å². The van der Waals surface area contributed by atoms with Gasteiger partial charge in [-0.15, -0.1) is 0 Å². The zero-order valence-electron chi connectivity index (χ0n) is 9.87. The Morgan fingerprint density at radius 1 is 1.41 bits per heavy atom. The van der Waals surface area contributed by atoms with Crippen molar-refractivity contribution in [3.63, 3.8) is 0 Å². The van der Waals surface area contributed by atoms with Crippen molar-refractivity contribution in [1.82, 2.24) is 4.90 Å². The van der Waals surface area contributed by atoms with Gasteiger partial charge in [-0.25, -0.2) is 8.78 Å². The standard InChI is InChI=1S/C12H15F2NOS/c1-15(5-6-17-2)8-12(16)10-7-9(13)3-4-11(10)14/h3-4,7H,5-6,8H2,1-2H3. The molecule has 0 saturated heterocycles. The van der Waals surface area contributed by atoms with Crippen LogP contribution in [0.4, 0.5) is 8.78 Å². The quantitative estimate of drug-likeness (QED) is 0.732. The predicted molar refractivity (Wildman–Crippen MR) is 66.6 cm³/mol. The van der Waals surface area contributed by atoms with Gasteiger partial charge in [0.2, 0.25) is 0 Å². The minimum atomic E-state index is -0.672. The first-order valence-electron chi connectivity index (χ1n) is 5.20. The van der Waals surface area contributed by atoms with Crippen LogP contribution in [0, 0.1) is 11.6 Å². The Morgan fingerprint density at radius 2 is 2.12 bits per heavy atom. The van der Waals surface area contributed by atoms with Gasteiger partial charge in [0.05, 0.1) is 12.1 Å². The fourth-order valence-electron chi connectivity index (χ4n) is 1.37. The predicted octanol–water partition coefficient (Wildman–Crippen LogP) is 2.44. The van der Waals surface area contributed by atoms with Gasteiger partial charge in [0.15, 0.2) is 5.78 Å². The van der Waals surface area contributed by atoms with Crippen molar-refractivity contribution in [2.45, 2.75) is 0 Å². The second-order valence-electron chi connectivity index (χ2n) is 3.78. The molecule has 0 fully saturated rings. The van der Waals surface area contributed by atoms with E-state index in [1.807, 2.05) is 6.26 Å². The Kier molecular flexibility index (Phi) is 5.58. The Bertz CT molecular complexity index is 398. The van der Waals surface area contributed by atoms with Gasteiger partial charge in [0, 0.05) is 12.3 Å². The second kappa shape index (κ2) is 6.71. The maximum absolute atomic E-state index is 13.3. The lowest BCUT2D eigenvalue weighted by molar-refractivity contribution is 0.0945. The lowest BCUT2D eigenvalue weighted by Crippen LogP contribution is -2.28. The first-order valence-corrected chi connectivity index (χ1v) is 6.59. The van der Waals surface area contributed by atoms with Gasteiger partial charge in [0.25, 0.3) is 0 Å². The molecule has 0 aliphatic heterocycles. The Balaban J connectivity index is 2.66. The average Bonchev–Trinajstić information content (AvgIpc) is 2.29. The summed E-state index contributed by atoms with van der Waals surface area (Å²) in [5.74, 6) is -0.767. The van der Waals surface area contributed by atoms with Crippen LogP contribution in [-0.4, -0.2) is 42.8 Å². The Hall–Kier alpha value is -0.940. The van der Waals surface area contributed by atoms with Crippen LogP contribution in [-0.2, 0) is 0 Å². The number of likely N-dealkylation sites (N-methyl/N-ethyl adjacent to an activating group) is 1. The third-order valence-electron chi connectivity index (χ3n) is 2.32. The smallest absolute Gasteiger partial charge is 0.179 e. The highest BCUT2D eigenvalue weighted by Gasteiger charge is 2.14. The van der Waals surface area contributed by atoms with Crippen molar-refractivity contribution in [2.75, 3.05) is 32.1 Å². The van der Waals surface area contributed by atoms with Crippen LogP contribution in [0.1, 0.15) is 10.4 Å². The molecule has 1 aromatic carbocycles. The van der Waals surface area contributed by atoms with E-state index < -0.39 is 17.4 Å². The molecule has 1 aromatic rings. The van der Waals surface area contributed by atoms with Crippen LogP contribution in [0.25, 0.3) is 0 Å². The van der Waals surface area contributed by atoms with Crippen LogP contribution < -0.4 is 0 Å². The fourth-order valence-corrected chi connectivity index (χ4v) is 1.86. The van der Waals surface area contributed by atoms with Crippen LogP contribution >= 0.6 is 11.8 Å². The van der Waals surface area contributed by atoms with E-state index in [1.165, 1.54) is 0 Å². The van der Waals surface area contributed by atoms with E-state index in [2.05, 4.69) is 0 Å². The number of thioether (sulfide) groups is 1. The number of hydrogen-bond donors (Lipinski definition) is 0. The van der Waals surface area contributed by atoms with Crippen molar-refractivity contribution in [2.24, 2.45) is 0 Å². The van der Waals surface area contributed by atoms with Crippen LogP contribution in [0.2, 0.25) is 0 Å². The normalized spacial score (nSPS) is 10.9. The number of rotatable bonds is 6. The molecule has 0 aliphatic rings. The number of nitrogens with zero attached hydrogens (tertiary/aromatic N) is 1. The molecule has 2 nitrogen and oxygen atoms in total. The van der Waals surface area contributed by atoms with Crippen LogP contribution in [0.15, 0.2) is 18.2 Å². The molecule has 0 aromatic heterocycles. The Morgan fingerprint density at radius 3 is 2.76 bits per heavy atom. The Labute approximate surface area is 104 Å². The molecule has 0 aliphatic carbocycles. The van der Waals surface area contributed by atoms with E-state index in [1.54, 1.807) is 23.7 Å². The molecule has 0 atom stereocenters. The van der Waals surface area contributed by atoms with Crippen molar-refractivity contribution < 1.29 is 13.6 Å². The minimum Gasteiger partial charge on any atom is -0.298 e. The molecule has 0 N–H and O–H groups in total. The molecule has 0 spiro atoms. The summed E-state index contributed by atoms with van der Waals surface area (Å²) >= 11 is 1.67. The zero-order chi connectivity index (χ0) is 12.8. The summed E-state index contributed by atoms with van der Waals surface area (Å²) < 4.78 is 26.2. The largest absolute Gasteiger partial charge is 0.298 e. The molecule has 17 heavy (non-hydrogen) atoms. The summed E-state index contributed by atoms with van der Waals surface area (Å²) in [6, 6.07) is 2.92. The maximum Gasteiger partial charge on any atom is 0.179 e. The molecule has 0 unspecified atom stereocenters. The van der Waals surface area contributed by atoms with Crippen molar-refractivity contribution in [3.05, 3.63) is 35.4 Å². The third kappa shape index (κ3) is 4.44. The number of benzene rings is 1. The van der Waals surface area contributed by atoms with Gasteiger partial charge >= 0.3 is 0 Å². The van der Waals surface area contributed by atoms with E-state index in [9.17, 15) is 13.6 Å². The van der Waals surface area contributed by atoms with Gasteiger partial charge in [-0.1, -0.05) is 0 Å². The number of carbonyl (C=O) groups excluding carboxylic acids is 1. The first kappa shape index (κ1) is 14.1. The minimum absolute atomic E-state index is 0.0981. The third-order valence-corrected chi connectivity index (χ3v) is 2.91. The number of halogens is 2. The maximum atomic E-state index is 13.3. The first-order chi connectivity index (χ1) is 8.04. The van der Waals surface area contributed by atoms with Crippen molar-refractivity contribution in [1.29, 1.82) is 0 Å². The molecule has 94 valence electrons. The van der Waals surface area contributed by atoms with Gasteiger partial charge < -0.3 is 0 Å². The van der Waals surface area contributed by atoms with Gasteiger partial charge in [-0.05, 0) is 31.5 Å². The van der Waals surface area contributed by atoms with Gasteiger partial charge in [-0.3, -0.25) is 9.69 Å². The van der Waals surface area contributed by atoms with E-state index >= 15 is 0 Å². The summed E-state index contributed by atoms with van der Waals surface area (Å²) in [4.78, 5) is 13.5. The van der Waals surface area contributed by atoms with Crippen LogP contribution in [0.3, 0.4) is 0 Å². The van der Waals surface area contributed by atoms with E-state index in [0.717, 1.165) is 30.5 Å². The highest BCUT2D eigenvalue weighted by atomic mass is 32.2. The topological polar surface area (TPSA) is 20.3 Å². The number of carbonyl (C=O) groups is 1. The number of ketones is 1. The van der Waals surface area contributed by atoms with Gasteiger partial charge in [-0.2, -0.15) is 11.8 Å². The molecular formula is C12H15F2NOS. The number of hydrogen-bond acceptors (Lipinski definition) is 3. The summed E-state index contributed by atoms with van der Waals surface area (Å²) in [5.41, 5.74) is -0.180. The molecule has 0 bridgehead atoms. The molecule has 5 heteroatoms. The SMILES string of the molecule is CSCCN(C)CC(=O)c1cc(F)ccc1F. The molecule has 0 heterocycles. The zero-order valence-corrected chi connectivity index (χ0v) is 10.7. The molecule has 0 radical (unpaired) electrons. The van der Waals surface area contributed by atoms with Crippen LogP contribution in [0.5, 0.6) is 0 Å². The lowest BCUT2D eigenvalue weighted by Gasteiger charge is -2.15. The summed E-state index contributed by atoms with van der Waals surface area (Å²) in [5, 5.41) is 0.